The Morgan fingerprint density at radius 2 is 1.91 bits per heavy atom. The number of amides is 1. The van der Waals surface area contributed by atoms with Crippen LogP contribution in [0.1, 0.15) is 41.9 Å². The molecule has 0 atom stereocenters. The van der Waals surface area contributed by atoms with Gasteiger partial charge < -0.3 is 14.8 Å². The van der Waals surface area contributed by atoms with Crippen molar-refractivity contribution in [3.8, 4) is 22.0 Å². The van der Waals surface area contributed by atoms with Crippen molar-refractivity contribution in [3.63, 3.8) is 0 Å². The number of aromatic nitrogens is 4. The molecule has 0 unspecified atom stereocenters. The number of halogens is 1. The van der Waals surface area contributed by atoms with Crippen LogP contribution in [0.25, 0.3) is 22.0 Å². The Kier molecular flexibility index (Phi) is 5.97. The van der Waals surface area contributed by atoms with E-state index >= 15 is 0 Å². The van der Waals surface area contributed by atoms with Gasteiger partial charge in [0, 0.05) is 42.2 Å². The van der Waals surface area contributed by atoms with E-state index in [-0.39, 0.29) is 17.8 Å². The zero-order valence-corrected chi connectivity index (χ0v) is 20.0. The molecule has 4 aromatic rings. The average molecular weight is 477 g/mol. The van der Waals surface area contributed by atoms with Gasteiger partial charge in [0.05, 0.1) is 12.0 Å². The molecule has 5 rings (SSSR count). The number of likely N-dealkylation sites (N-methyl/N-ethyl adjacent to an activating group) is 1. The molecule has 0 saturated carbocycles. The van der Waals surface area contributed by atoms with E-state index in [2.05, 4.69) is 46.1 Å². The van der Waals surface area contributed by atoms with Crippen molar-refractivity contribution in [2.24, 2.45) is 0 Å². The van der Waals surface area contributed by atoms with Gasteiger partial charge in [-0.1, -0.05) is 6.07 Å². The summed E-state index contributed by atoms with van der Waals surface area (Å²) in [5.41, 5.74) is 3.79. The minimum Gasteiger partial charge on any atom is -0.326 e. The maximum absolute atomic E-state index is 13.4. The number of imidazole rings is 1. The van der Waals surface area contributed by atoms with Gasteiger partial charge >= 0.3 is 0 Å². The minimum atomic E-state index is -0.315. The number of hydrogen-bond acceptors (Lipinski definition) is 6. The quantitative estimate of drug-likeness (QED) is 0.421. The fraction of sp³-hybridized carbons (Fsp3) is 0.280. The lowest BCUT2D eigenvalue weighted by atomic mass is 9.93. The van der Waals surface area contributed by atoms with Crippen LogP contribution in [0.2, 0.25) is 0 Å². The number of benzene rings is 1. The Hall–Kier alpha value is -3.43. The molecular formula is C25H25FN6OS. The normalized spacial score (nSPS) is 14.4. The van der Waals surface area contributed by atoms with Crippen LogP contribution in [0.3, 0.4) is 0 Å². The second kappa shape index (κ2) is 9.08. The molecule has 3 aromatic heterocycles. The minimum absolute atomic E-state index is 0.135. The van der Waals surface area contributed by atoms with Gasteiger partial charge in [0.2, 0.25) is 0 Å². The molecule has 1 amide bonds. The van der Waals surface area contributed by atoms with Crippen LogP contribution in [0, 0.1) is 5.82 Å². The molecule has 1 aromatic carbocycles. The first-order valence-electron chi connectivity index (χ1n) is 11.1. The van der Waals surface area contributed by atoms with E-state index in [0.29, 0.717) is 28.1 Å². The first kappa shape index (κ1) is 22.4. The number of rotatable bonds is 6. The summed E-state index contributed by atoms with van der Waals surface area (Å²) in [5.74, 6) is 0.383. The lowest BCUT2D eigenvalue weighted by Crippen LogP contribution is -2.41. The van der Waals surface area contributed by atoms with E-state index in [9.17, 15) is 9.18 Å². The number of likely N-dealkylation sites (tertiary alicyclic amines) is 1. The van der Waals surface area contributed by atoms with Gasteiger partial charge in [-0.25, -0.2) is 19.3 Å². The van der Waals surface area contributed by atoms with Gasteiger partial charge in [-0.3, -0.25) is 4.79 Å². The Bertz CT molecular complexity index is 1310. The molecule has 9 heteroatoms. The number of anilines is 1. The van der Waals surface area contributed by atoms with Crippen LogP contribution >= 0.6 is 11.3 Å². The van der Waals surface area contributed by atoms with Crippen molar-refractivity contribution in [2.75, 3.05) is 25.5 Å². The number of carbonyl (C=O) groups is 1. The molecule has 4 heterocycles. The Balaban J connectivity index is 1.38. The maximum atomic E-state index is 13.4. The van der Waals surface area contributed by atoms with Crippen LogP contribution in [0.15, 0.2) is 54.3 Å². The van der Waals surface area contributed by atoms with Gasteiger partial charge in [-0.15, -0.1) is 11.3 Å². The van der Waals surface area contributed by atoms with Gasteiger partial charge in [0.25, 0.3) is 5.91 Å². The summed E-state index contributed by atoms with van der Waals surface area (Å²) in [4.78, 5) is 28.7. The van der Waals surface area contributed by atoms with Crippen LogP contribution in [0.5, 0.6) is 0 Å². The molecule has 1 aliphatic rings. The lowest BCUT2D eigenvalue weighted by molar-refractivity contribution is 0.102. The third-order valence-corrected chi connectivity index (χ3v) is 6.82. The van der Waals surface area contributed by atoms with E-state index in [0.717, 1.165) is 24.3 Å². The van der Waals surface area contributed by atoms with Crippen molar-refractivity contribution in [1.82, 2.24) is 24.4 Å². The summed E-state index contributed by atoms with van der Waals surface area (Å²) in [7, 11) is 2.09. The zero-order valence-electron chi connectivity index (χ0n) is 19.2. The zero-order chi connectivity index (χ0) is 23.8. The smallest absolute Gasteiger partial charge is 0.276 e. The first-order valence-corrected chi connectivity index (χ1v) is 12.0. The highest BCUT2D eigenvalue weighted by Crippen LogP contribution is 2.35. The highest BCUT2D eigenvalue weighted by Gasteiger charge is 2.25. The van der Waals surface area contributed by atoms with Gasteiger partial charge in [0.15, 0.2) is 0 Å². The summed E-state index contributed by atoms with van der Waals surface area (Å²) >= 11 is 1.37. The van der Waals surface area contributed by atoms with E-state index in [1.54, 1.807) is 23.8 Å². The predicted molar refractivity (Wildman–Crippen MR) is 132 cm³/mol. The van der Waals surface area contributed by atoms with Gasteiger partial charge in [-0.05, 0) is 56.8 Å². The number of carbonyl (C=O) groups excluding carboxylic acids is 1. The summed E-state index contributed by atoms with van der Waals surface area (Å²) in [6.07, 6.45) is 3.58. The van der Waals surface area contributed by atoms with E-state index in [1.807, 2.05) is 22.9 Å². The molecule has 0 bridgehead atoms. The van der Waals surface area contributed by atoms with E-state index in [1.165, 1.54) is 29.0 Å². The van der Waals surface area contributed by atoms with Crippen molar-refractivity contribution < 1.29 is 9.18 Å². The largest absolute Gasteiger partial charge is 0.326 e. The highest BCUT2D eigenvalue weighted by atomic mass is 32.1. The maximum Gasteiger partial charge on any atom is 0.276 e. The average Bonchev–Trinajstić information content (AvgIpc) is 3.45. The Labute approximate surface area is 201 Å². The number of nitrogens with zero attached hydrogens (tertiary/aromatic N) is 5. The molecule has 174 valence electrons. The van der Waals surface area contributed by atoms with Crippen molar-refractivity contribution in [3.05, 3.63) is 71.4 Å². The second-order valence-electron chi connectivity index (χ2n) is 8.84. The standard InChI is InChI=1S/C25H25FN6OS/c1-15(2)32-14-28-22(16-4-7-19(26)8-5-16)23(32)25-29-20(13-34-25)24(33)30-21-9-6-17(10-27-21)18-11-31(3)12-18/h4-10,13-15,18H,11-12H2,1-3H3,(H,27,30,33). The fourth-order valence-electron chi connectivity index (χ4n) is 4.08. The molecule has 0 aliphatic carbocycles. The monoisotopic (exact) mass is 476 g/mol. The summed E-state index contributed by atoms with van der Waals surface area (Å²) < 4.78 is 15.5. The molecule has 1 saturated heterocycles. The molecule has 7 nitrogen and oxygen atoms in total. The third kappa shape index (κ3) is 4.36. The molecule has 1 N–H and O–H groups in total. The van der Waals surface area contributed by atoms with Crippen molar-refractivity contribution in [1.29, 1.82) is 0 Å². The second-order valence-corrected chi connectivity index (χ2v) is 9.69. The Morgan fingerprint density at radius 1 is 1.15 bits per heavy atom. The number of pyridine rings is 1. The highest BCUT2D eigenvalue weighted by molar-refractivity contribution is 7.13. The van der Waals surface area contributed by atoms with Gasteiger partial charge in [0.1, 0.15) is 28.0 Å². The first-order chi connectivity index (χ1) is 16.4. The molecule has 1 fully saturated rings. The van der Waals surface area contributed by atoms with Crippen molar-refractivity contribution >= 4 is 23.1 Å². The van der Waals surface area contributed by atoms with E-state index in [4.69, 9.17) is 0 Å². The fourth-order valence-corrected chi connectivity index (χ4v) is 4.93. The van der Waals surface area contributed by atoms with E-state index < -0.39 is 0 Å². The summed E-state index contributed by atoms with van der Waals surface area (Å²) in [6, 6.07) is 10.2. The number of hydrogen-bond donors (Lipinski definition) is 1. The number of thiazole rings is 1. The van der Waals surface area contributed by atoms with Crippen molar-refractivity contribution in [2.45, 2.75) is 25.8 Å². The van der Waals surface area contributed by atoms with Crippen LogP contribution in [-0.4, -0.2) is 50.5 Å². The molecule has 0 spiro atoms. The summed E-state index contributed by atoms with van der Waals surface area (Å²) in [5, 5.41) is 5.24. The molecule has 0 radical (unpaired) electrons. The Morgan fingerprint density at radius 3 is 2.56 bits per heavy atom. The third-order valence-electron chi connectivity index (χ3n) is 5.97. The van der Waals surface area contributed by atoms with Crippen LogP contribution < -0.4 is 5.32 Å². The summed E-state index contributed by atoms with van der Waals surface area (Å²) in [6.45, 7) is 6.17. The van der Waals surface area contributed by atoms with Crippen LogP contribution in [-0.2, 0) is 0 Å². The number of nitrogens with one attached hydrogen (secondary N) is 1. The molecule has 34 heavy (non-hydrogen) atoms. The SMILES string of the molecule is CC(C)n1cnc(-c2ccc(F)cc2)c1-c1nc(C(=O)Nc2ccc(C3CN(C)C3)cn2)cs1. The van der Waals surface area contributed by atoms with Crippen LogP contribution in [0.4, 0.5) is 10.2 Å². The lowest BCUT2D eigenvalue weighted by Gasteiger charge is -2.36. The van der Waals surface area contributed by atoms with Gasteiger partial charge in [-0.2, -0.15) is 0 Å². The predicted octanol–water partition coefficient (Wildman–Crippen LogP) is 5.07. The molecule has 1 aliphatic heterocycles. The topological polar surface area (TPSA) is 75.9 Å². The molecular weight excluding hydrogens is 451 g/mol.